The van der Waals surface area contributed by atoms with Crippen LogP contribution in [0.1, 0.15) is 40.9 Å². The van der Waals surface area contributed by atoms with Crippen LogP contribution in [0, 0.1) is 0 Å². The summed E-state index contributed by atoms with van der Waals surface area (Å²) in [4.78, 5) is 16.6. The Morgan fingerprint density at radius 2 is 1.58 bits per heavy atom. The summed E-state index contributed by atoms with van der Waals surface area (Å²) in [6.07, 6.45) is 6.44. The summed E-state index contributed by atoms with van der Waals surface area (Å²) in [5.41, 5.74) is 9.69. The van der Waals surface area contributed by atoms with Crippen LogP contribution in [0.2, 0.25) is 0 Å². The van der Waals surface area contributed by atoms with E-state index in [1.165, 1.54) is 5.69 Å². The van der Waals surface area contributed by atoms with E-state index in [-0.39, 0.29) is 0 Å². The number of carboxylic acids is 1. The number of nitrogens with zero attached hydrogens (tertiary/aromatic N) is 3. The quantitative estimate of drug-likeness (QED) is 0.654. The summed E-state index contributed by atoms with van der Waals surface area (Å²) in [6, 6.07) is 12.3. The van der Waals surface area contributed by atoms with E-state index in [1.807, 2.05) is 45.2 Å². The van der Waals surface area contributed by atoms with Crippen LogP contribution >= 0.6 is 0 Å². The zero-order valence-corrected chi connectivity index (χ0v) is 20.3. The molecule has 2 aromatic rings. The summed E-state index contributed by atoms with van der Waals surface area (Å²) in [7, 11) is 7.92. The van der Waals surface area contributed by atoms with Crippen LogP contribution < -0.4 is 9.80 Å². The molecule has 1 N–H and O–H groups in total. The van der Waals surface area contributed by atoms with Crippen molar-refractivity contribution in [3.05, 3.63) is 82.5 Å². The van der Waals surface area contributed by atoms with E-state index in [4.69, 9.17) is 0 Å². The van der Waals surface area contributed by atoms with Gasteiger partial charge in [0.15, 0.2) is 5.71 Å². The number of carboxylic acid groups (broad SMARTS) is 1. The highest BCUT2D eigenvalue weighted by molar-refractivity contribution is 6.19. The molecule has 33 heavy (non-hydrogen) atoms. The monoisotopic (exact) mass is 442 g/mol. The Morgan fingerprint density at radius 3 is 2.18 bits per heavy atom. The second kappa shape index (κ2) is 8.74. The Hall–Kier alpha value is -3.60. The Balaban J connectivity index is 2.00. The number of benzene rings is 2. The lowest BCUT2D eigenvalue weighted by Crippen LogP contribution is -2.21. The van der Waals surface area contributed by atoms with E-state index in [0.29, 0.717) is 5.56 Å². The molecular formula is C28H32N3O2+. The van der Waals surface area contributed by atoms with Crippen molar-refractivity contribution < 1.29 is 14.5 Å². The summed E-state index contributed by atoms with van der Waals surface area (Å²) in [5, 5.41) is 10.1. The Morgan fingerprint density at radius 1 is 0.909 bits per heavy atom. The summed E-state index contributed by atoms with van der Waals surface area (Å²) >= 11 is 0. The zero-order valence-electron chi connectivity index (χ0n) is 20.3. The predicted molar refractivity (Wildman–Crippen MR) is 138 cm³/mol. The molecule has 4 rings (SSSR count). The minimum atomic E-state index is -0.916. The molecule has 0 radical (unpaired) electrons. The Kier molecular flexibility index (Phi) is 5.98. The van der Waals surface area contributed by atoms with Crippen molar-refractivity contribution in [2.75, 3.05) is 51.1 Å². The average molecular weight is 443 g/mol. The molecule has 170 valence electrons. The van der Waals surface area contributed by atoms with Crippen molar-refractivity contribution in [2.45, 2.75) is 13.8 Å². The van der Waals surface area contributed by atoms with Crippen molar-refractivity contribution in [3.8, 4) is 0 Å². The topological polar surface area (TPSA) is 46.8 Å². The van der Waals surface area contributed by atoms with Gasteiger partial charge in [0.1, 0.15) is 14.1 Å². The van der Waals surface area contributed by atoms with Crippen LogP contribution in [0.5, 0.6) is 0 Å². The molecule has 0 heterocycles. The van der Waals surface area contributed by atoms with Crippen molar-refractivity contribution in [1.82, 2.24) is 0 Å². The molecule has 0 bridgehead atoms. The molecule has 0 aromatic heterocycles. The highest BCUT2D eigenvalue weighted by Crippen LogP contribution is 2.48. The fraction of sp³-hybridized carbons (Fsp3) is 0.286. The van der Waals surface area contributed by atoms with E-state index >= 15 is 0 Å². The molecule has 0 unspecified atom stereocenters. The number of hydrogen-bond donors (Lipinski definition) is 1. The van der Waals surface area contributed by atoms with E-state index in [1.54, 1.807) is 6.07 Å². The van der Waals surface area contributed by atoms with Gasteiger partial charge in [0, 0.05) is 50.7 Å². The van der Waals surface area contributed by atoms with E-state index in [2.05, 4.69) is 59.8 Å². The Labute approximate surface area is 196 Å². The third kappa shape index (κ3) is 3.88. The molecule has 2 aliphatic carbocycles. The van der Waals surface area contributed by atoms with Gasteiger partial charge in [-0.25, -0.2) is 9.37 Å². The lowest BCUT2D eigenvalue weighted by atomic mass is 9.91. The number of rotatable bonds is 6. The van der Waals surface area contributed by atoms with Gasteiger partial charge < -0.3 is 14.9 Å². The highest BCUT2D eigenvalue weighted by Gasteiger charge is 2.31. The first kappa shape index (κ1) is 22.6. The summed E-state index contributed by atoms with van der Waals surface area (Å²) in [5.74, 6) is -0.916. The van der Waals surface area contributed by atoms with Crippen LogP contribution in [0.25, 0.3) is 11.1 Å². The fourth-order valence-electron chi connectivity index (χ4n) is 4.65. The maximum absolute atomic E-state index is 12.3. The number of anilines is 2. The highest BCUT2D eigenvalue weighted by atomic mass is 16.4. The van der Waals surface area contributed by atoms with Crippen LogP contribution in [-0.4, -0.2) is 62.6 Å². The third-order valence-corrected chi connectivity index (χ3v) is 6.50. The van der Waals surface area contributed by atoms with Gasteiger partial charge in [-0.3, -0.25) is 0 Å². The standard InChI is InChI=1S/C28H31N3O2/c1-7-31(8-2)20-11-14-22-25(17-20)24-15-18(29(3)4)9-12-21(24)27(22)23-13-10-19(30(5)6)16-26(23)28(32)33/h9-17H,7-8H2,1-6H3/p+1. The SMILES string of the molecule is CCN(CC)c1ccc2c(c1)C1=CC(=[N+](C)C)C=CC1=C2c1ccc(N(C)C)cc1C(=O)O. The van der Waals surface area contributed by atoms with Gasteiger partial charge in [-0.15, -0.1) is 0 Å². The number of hydrogen-bond acceptors (Lipinski definition) is 3. The molecule has 2 aliphatic rings. The average Bonchev–Trinajstić information content (AvgIpc) is 3.12. The normalized spacial score (nSPS) is 14.1. The minimum absolute atomic E-state index is 0.319. The van der Waals surface area contributed by atoms with Crippen LogP contribution in [0.4, 0.5) is 11.4 Å². The largest absolute Gasteiger partial charge is 0.478 e. The van der Waals surface area contributed by atoms with Crippen molar-refractivity contribution in [1.29, 1.82) is 0 Å². The second-order valence-electron chi connectivity index (χ2n) is 8.83. The van der Waals surface area contributed by atoms with Crippen molar-refractivity contribution in [3.63, 3.8) is 0 Å². The minimum Gasteiger partial charge on any atom is -0.478 e. The van der Waals surface area contributed by atoms with Gasteiger partial charge in [-0.2, -0.15) is 0 Å². The van der Waals surface area contributed by atoms with Crippen LogP contribution in [0.3, 0.4) is 0 Å². The molecule has 0 aliphatic heterocycles. The number of aromatic carboxylic acids is 1. The predicted octanol–water partition coefficient (Wildman–Crippen LogP) is 4.78. The molecule has 0 saturated heterocycles. The van der Waals surface area contributed by atoms with Gasteiger partial charge in [0.05, 0.1) is 5.56 Å². The van der Waals surface area contributed by atoms with Gasteiger partial charge >= 0.3 is 5.97 Å². The fourth-order valence-corrected chi connectivity index (χ4v) is 4.65. The first-order valence-corrected chi connectivity index (χ1v) is 11.4. The lowest BCUT2D eigenvalue weighted by Gasteiger charge is -2.22. The summed E-state index contributed by atoms with van der Waals surface area (Å²) in [6.45, 7) is 6.20. The van der Waals surface area contributed by atoms with E-state index < -0.39 is 5.97 Å². The maximum atomic E-state index is 12.3. The lowest BCUT2D eigenvalue weighted by molar-refractivity contribution is -0.462. The molecular weight excluding hydrogens is 410 g/mol. The molecule has 0 amide bonds. The Bertz CT molecular complexity index is 1250. The molecule has 0 atom stereocenters. The van der Waals surface area contributed by atoms with Gasteiger partial charge in [-0.05, 0) is 77.6 Å². The van der Waals surface area contributed by atoms with E-state index in [9.17, 15) is 9.90 Å². The first-order chi connectivity index (χ1) is 15.8. The first-order valence-electron chi connectivity index (χ1n) is 11.4. The second-order valence-corrected chi connectivity index (χ2v) is 8.83. The number of carbonyl (C=O) groups is 1. The maximum Gasteiger partial charge on any atom is 0.336 e. The van der Waals surface area contributed by atoms with Gasteiger partial charge in [0.2, 0.25) is 0 Å². The molecule has 0 saturated carbocycles. The van der Waals surface area contributed by atoms with Crippen LogP contribution in [-0.2, 0) is 0 Å². The zero-order chi connectivity index (χ0) is 23.9. The molecule has 5 nitrogen and oxygen atoms in total. The smallest absolute Gasteiger partial charge is 0.336 e. The number of fused-ring (bicyclic) bond motifs is 3. The van der Waals surface area contributed by atoms with Gasteiger partial charge in [-0.1, -0.05) is 12.1 Å². The molecule has 5 heteroatoms. The van der Waals surface area contributed by atoms with E-state index in [0.717, 1.165) is 57.9 Å². The molecule has 0 fully saturated rings. The third-order valence-electron chi connectivity index (χ3n) is 6.50. The molecule has 0 spiro atoms. The summed E-state index contributed by atoms with van der Waals surface area (Å²) < 4.78 is 2.10. The van der Waals surface area contributed by atoms with Gasteiger partial charge in [0.25, 0.3) is 0 Å². The molecule has 2 aromatic carbocycles. The van der Waals surface area contributed by atoms with Crippen LogP contribution in [0.15, 0.2) is 60.2 Å². The van der Waals surface area contributed by atoms with Crippen molar-refractivity contribution >= 4 is 34.2 Å². The number of allylic oxidation sites excluding steroid dienone is 5. The van der Waals surface area contributed by atoms with Crippen molar-refractivity contribution in [2.24, 2.45) is 0 Å².